The monoisotopic (exact) mass is 224 g/mol. The molecular weight excluding hydrogens is 200 g/mol. The predicted molar refractivity (Wildman–Crippen MR) is 65.2 cm³/mol. The molecule has 2 aliphatic heterocycles. The third-order valence-electron chi connectivity index (χ3n) is 4.11. The van der Waals surface area contributed by atoms with Crippen molar-refractivity contribution in [3.05, 3.63) is 0 Å². The van der Waals surface area contributed by atoms with E-state index in [1.165, 1.54) is 25.7 Å². The van der Waals surface area contributed by atoms with E-state index in [4.69, 9.17) is 0 Å². The Kier molecular flexibility index (Phi) is 4.22. The van der Waals surface area contributed by atoms with Gasteiger partial charge in [-0.3, -0.25) is 4.79 Å². The molecule has 0 radical (unpaired) electrons. The van der Waals surface area contributed by atoms with E-state index in [0.29, 0.717) is 11.8 Å². The van der Waals surface area contributed by atoms with Crippen LogP contribution in [0.4, 0.5) is 0 Å². The second-order valence-corrected chi connectivity index (χ2v) is 5.31. The van der Waals surface area contributed by atoms with Crippen LogP contribution in [-0.4, -0.2) is 37.0 Å². The number of nitrogens with one attached hydrogen (secondary N) is 1. The summed E-state index contributed by atoms with van der Waals surface area (Å²) in [4.78, 5) is 14.2. The number of hydrogen-bond acceptors (Lipinski definition) is 2. The molecule has 0 aromatic rings. The summed E-state index contributed by atoms with van der Waals surface area (Å²) in [5.41, 5.74) is 0. The highest BCUT2D eigenvalue weighted by molar-refractivity contribution is 5.76. The lowest BCUT2D eigenvalue weighted by Gasteiger charge is -2.29. The smallest absolute Gasteiger partial charge is 0.222 e. The molecule has 3 heteroatoms. The van der Waals surface area contributed by atoms with Crippen molar-refractivity contribution in [2.75, 3.05) is 26.2 Å². The van der Waals surface area contributed by atoms with Gasteiger partial charge in [-0.1, -0.05) is 13.3 Å². The molecule has 3 nitrogen and oxygen atoms in total. The fourth-order valence-electron chi connectivity index (χ4n) is 2.69. The van der Waals surface area contributed by atoms with Gasteiger partial charge in [0.25, 0.3) is 0 Å². The van der Waals surface area contributed by atoms with Crippen LogP contribution >= 0.6 is 0 Å². The van der Waals surface area contributed by atoms with Crippen LogP contribution in [0.5, 0.6) is 0 Å². The molecule has 1 N–H and O–H groups in total. The van der Waals surface area contributed by atoms with Crippen molar-refractivity contribution in [1.82, 2.24) is 10.2 Å². The molecule has 16 heavy (non-hydrogen) atoms. The van der Waals surface area contributed by atoms with Crippen LogP contribution in [0.1, 0.15) is 39.0 Å². The molecule has 1 atom stereocenters. The number of carbonyl (C=O) groups is 1. The van der Waals surface area contributed by atoms with E-state index in [1.807, 2.05) is 0 Å². The Morgan fingerprint density at radius 1 is 1.25 bits per heavy atom. The minimum Gasteiger partial charge on any atom is -0.343 e. The van der Waals surface area contributed by atoms with Crippen LogP contribution in [0, 0.1) is 11.8 Å². The number of likely N-dealkylation sites (tertiary alicyclic amines) is 1. The zero-order valence-corrected chi connectivity index (χ0v) is 10.4. The maximum Gasteiger partial charge on any atom is 0.222 e. The summed E-state index contributed by atoms with van der Waals surface area (Å²) in [6.45, 7) is 6.34. The third-order valence-corrected chi connectivity index (χ3v) is 4.11. The molecular formula is C13H24N2O. The molecule has 0 bridgehead atoms. The van der Waals surface area contributed by atoms with Gasteiger partial charge >= 0.3 is 0 Å². The molecule has 2 heterocycles. The molecule has 2 saturated heterocycles. The van der Waals surface area contributed by atoms with Crippen LogP contribution in [0.15, 0.2) is 0 Å². The normalized spacial score (nSPS) is 27.3. The Bertz CT molecular complexity index is 238. The van der Waals surface area contributed by atoms with Crippen LogP contribution in [0.2, 0.25) is 0 Å². The van der Waals surface area contributed by atoms with Gasteiger partial charge in [0.1, 0.15) is 0 Å². The Hall–Kier alpha value is -0.570. The summed E-state index contributed by atoms with van der Waals surface area (Å²) in [6.07, 6.45) is 5.77. The van der Waals surface area contributed by atoms with E-state index in [0.717, 1.165) is 38.5 Å². The van der Waals surface area contributed by atoms with Gasteiger partial charge < -0.3 is 10.2 Å². The minimum atomic E-state index is 0.392. The molecule has 2 fully saturated rings. The lowest BCUT2D eigenvalue weighted by Crippen LogP contribution is -2.45. The summed E-state index contributed by atoms with van der Waals surface area (Å²) in [5.74, 6) is 1.85. The third kappa shape index (κ3) is 2.97. The van der Waals surface area contributed by atoms with Gasteiger partial charge in [-0.05, 0) is 44.2 Å². The minimum absolute atomic E-state index is 0.392. The topological polar surface area (TPSA) is 32.3 Å². The quantitative estimate of drug-likeness (QED) is 0.790. The Balaban J connectivity index is 1.77. The van der Waals surface area contributed by atoms with E-state index >= 15 is 0 Å². The lowest BCUT2D eigenvalue weighted by molar-refractivity contribution is -0.132. The van der Waals surface area contributed by atoms with Crippen molar-refractivity contribution in [3.63, 3.8) is 0 Å². The fourth-order valence-corrected chi connectivity index (χ4v) is 2.69. The number of carbonyl (C=O) groups excluding carboxylic acids is 1. The van der Waals surface area contributed by atoms with Gasteiger partial charge in [-0.2, -0.15) is 0 Å². The van der Waals surface area contributed by atoms with Crippen LogP contribution in [0.25, 0.3) is 0 Å². The van der Waals surface area contributed by atoms with Crippen molar-refractivity contribution in [2.24, 2.45) is 11.8 Å². The molecule has 0 aliphatic carbocycles. The van der Waals surface area contributed by atoms with Gasteiger partial charge in [-0.15, -0.1) is 0 Å². The highest BCUT2D eigenvalue weighted by Gasteiger charge is 2.25. The average molecular weight is 224 g/mol. The molecule has 2 aliphatic rings. The summed E-state index contributed by atoms with van der Waals surface area (Å²) >= 11 is 0. The van der Waals surface area contributed by atoms with E-state index in [2.05, 4.69) is 17.1 Å². The number of hydrogen-bond donors (Lipinski definition) is 1. The molecule has 2 rings (SSSR count). The van der Waals surface area contributed by atoms with Crippen molar-refractivity contribution >= 4 is 5.91 Å². The predicted octanol–water partition coefficient (Wildman–Crippen LogP) is 1.63. The Morgan fingerprint density at radius 3 is 2.69 bits per heavy atom. The zero-order valence-electron chi connectivity index (χ0n) is 10.4. The summed E-state index contributed by atoms with van der Waals surface area (Å²) in [7, 11) is 0. The first-order valence-electron chi connectivity index (χ1n) is 6.78. The second kappa shape index (κ2) is 5.67. The van der Waals surface area contributed by atoms with Gasteiger partial charge in [-0.25, -0.2) is 0 Å². The molecule has 1 amide bonds. The van der Waals surface area contributed by atoms with Crippen molar-refractivity contribution in [1.29, 1.82) is 0 Å². The van der Waals surface area contributed by atoms with Gasteiger partial charge in [0.2, 0.25) is 5.91 Å². The van der Waals surface area contributed by atoms with Gasteiger partial charge in [0.15, 0.2) is 0 Å². The maximum atomic E-state index is 12.0. The Morgan fingerprint density at radius 2 is 2.06 bits per heavy atom. The van der Waals surface area contributed by atoms with Crippen molar-refractivity contribution < 1.29 is 4.79 Å². The first kappa shape index (κ1) is 11.9. The van der Waals surface area contributed by atoms with Gasteiger partial charge in [0.05, 0.1) is 0 Å². The van der Waals surface area contributed by atoms with Crippen LogP contribution in [0.3, 0.4) is 0 Å². The van der Waals surface area contributed by atoms with E-state index in [1.54, 1.807) is 0 Å². The average Bonchev–Trinajstić information content (AvgIpc) is 2.48. The van der Waals surface area contributed by atoms with Gasteiger partial charge in [0, 0.05) is 19.5 Å². The number of nitrogens with zero attached hydrogens (tertiary/aromatic N) is 1. The lowest BCUT2D eigenvalue weighted by atomic mass is 9.98. The summed E-state index contributed by atoms with van der Waals surface area (Å²) in [5, 5.41) is 3.23. The fraction of sp³-hybridized carbons (Fsp3) is 0.923. The van der Waals surface area contributed by atoms with Crippen molar-refractivity contribution in [3.8, 4) is 0 Å². The van der Waals surface area contributed by atoms with Crippen molar-refractivity contribution in [2.45, 2.75) is 39.0 Å². The summed E-state index contributed by atoms with van der Waals surface area (Å²) < 4.78 is 0. The number of rotatable bonds is 3. The first-order valence-corrected chi connectivity index (χ1v) is 6.78. The highest BCUT2D eigenvalue weighted by Crippen LogP contribution is 2.21. The molecule has 0 aromatic heterocycles. The number of amides is 1. The SMILES string of the molecule is CCC1CCCN(C(=O)CC2CNC2)CC1. The molecule has 0 aromatic carbocycles. The first-order chi connectivity index (χ1) is 7.79. The molecule has 92 valence electrons. The largest absolute Gasteiger partial charge is 0.343 e. The molecule has 0 saturated carbocycles. The zero-order chi connectivity index (χ0) is 11.4. The highest BCUT2D eigenvalue weighted by atomic mass is 16.2. The standard InChI is InChI=1S/C13H24N2O/c1-2-11-4-3-6-15(7-5-11)13(16)8-12-9-14-10-12/h11-12,14H,2-10H2,1H3. The molecule has 1 unspecified atom stereocenters. The van der Waals surface area contributed by atoms with E-state index in [-0.39, 0.29) is 0 Å². The second-order valence-electron chi connectivity index (χ2n) is 5.31. The van der Waals surface area contributed by atoms with Crippen LogP contribution < -0.4 is 5.32 Å². The van der Waals surface area contributed by atoms with E-state index in [9.17, 15) is 4.79 Å². The van der Waals surface area contributed by atoms with E-state index < -0.39 is 0 Å². The maximum absolute atomic E-state index is 12.0. The summed E-state index contributed by atoms with van der Waals surface area (Å²) in [6, 6.07) is 0. The molecule has 0 spiro atoms. The Labute approximate surface area is 98.6 Å². The van der Waals surface area contributed by atoms with Crippen LogP contribution in [-0.2, 0) is 4.79 Å².